The first kappa shape index (κ1) is 41.9. The predicted molar refractivity (Wildman–Crippen MR) is 235 cm³/mol. The van der Waals surface area contributed by atoms with Gasteiger partial charge >= 0.3 is 6.09 Å². The molecule has 2 aromatic heterocycles. The molecule has 6 atom stereocenters. The minimum absolute atomic E-state index is 0.0251. The number of imidazole rings is 2. The van der Waals surface area contributed by atoms with Crippen molar-refractivity contribution in [1.82, 2.24) is 35.1 Å². The first-order valence-corrected chi connectivity index (χ1v) is 22.5. The summed E-state index contributed by atoms with van der Waals surface area (Å²) in [5.74, 6) is 2.98. The van der Waals surface area contributed by atoms with Crippen LogP contribution < -0.4 is 10.1 Å². The number of ether oxygens (including phenoxy) is 4. The number of nitrogens with one attached hydrogen (secondary N) is 3. The van der Waals surface area contributed by atoms with Gasteiger partial charge in [0.05, 0.1) is 48.7 Å². The van der Waals surface area contributed by atoms with E-state index in [4.69, 9.17) is 28.9 Å². The third kappa shape index (κ3) is 7.91. The summed E-state index contributed by atoms with van der Waals surface area (Å²) in [6.45, 7) is 9.18. The molecule has 14 heteroatoms. The Kier molecular flexibility index (Phi) is 12.0. The first-order chi connectivity index (χ1) is 30.2. The highest BCUT2D eigenvalue weighted by Crippen LogP contribution is 2.44. The number of likely N-dealkylation sites (tertiary alicyclic amines) is 2. The molecule has 3 aromatic carbocycles. The fourth-order valence-corrected chi connectivity index (χ4v) is 10.3. The van der Waals surface area contributed by atoms with Gasteiger partial charge in [-0.1, -0.05) is 45.4 Å². The summed E-state index contributed by atoms with van der Waals surface area (Å²) in [5, 5.41) is 4.89. The number of aromatic nitrogens is 4. The van der Waals surface area contributed by atoms with Crippen LogP contribution in [-0.2, 0) is 30.4 Å². The molecule has 5 aromatic rings. The van der Waals surface area contributed by atoms with Gasteiger partial charge in [0.25, 0.3) is 0 Å². The normalized spacial score (nSPS) is 22.3. The van der Waals surface area contributed by atoms with Crippen molar-refractivity contribution in [3.63, 3.8) is 0 Å². The molecule has 0 aliphatic carbocycles. The Balaban J connectivity index is 0.977. The van der Waals surface area contributed by atoms with Crippen LogP contribution in [0.4, 0.5) is 4.79 Å². The Morgan fingerprint density at radius 1 is 0.968 bits per heavy atom. The number of amides is 3. The van der Waals surface area contributed by atoms with Crippen molar-refractivity contribution < 1.29 is 33.3 Å². The predicted octanol–water partition coefficient (Wildman–Crippen LogP) is 8.23. The molecule has 3 saturated heterocycles. The Bertz CT molecular complexity index is 2460. The Morgan fingerprint density at radius 3 is 2.58 bits per heavy atom. The van der Waals surface area contributed by atoms with E-state index in [2.05, 4.69) is 78.5 Å². The van der Waals surface area contributed by atoms with Crippen LogP contribution >= 0.6 is 0 Å². The lowest BCUT2D eigenvalue weighted by molar-refractivity contribution is -0.139. The number of fused-ring (bicyclic) bond motifs is 6. The smallest absolute Gasteiger partial charge is 0.407 e. The van der Waals surface area contributed by atoms with Crippen LogP contribution in [0.2, 0.25) is 0 Å². The van der Waals surface area contributed by atoms with Crippen molar-refractivity contribution in [3.8, 4) is 28.1 Å². The second-order valence-corrected chi connectivity index (χ2v) is 17.8. The molecule has 0 saturated carbocycles. The van der Waals surface area contributed by atoms with E-state index in [0.717, 1.165) is 99.3 Å². The standard InChI is InChI=1S/C48H59N7O7/c1-6-27(3)18-42(56)54-24-28(25-59-4)19-40(54)45-49-23-38(51-45)31-8-11-34-32(20-31)26-62-41-22-35-30(21-36(34)41)9-12-37-44(35)52-46(50-37)39-13-10-33(7-2)55(39)47(57)43(53-48(58)60-5)29-14-16-61-17-15-29/h8-9,11-12,20-23,27-29,33,39-40,43H,6-7,10,13-19,24-26H2,1-5H3,(H,49,51)(H,50,52)(H,53,58). The van der Waals surface area contributed by atoms with Crippen molar-refractivity contribution in [2.24, 2.45) is 17.8 Å². The molecule has 14 nitrogen and oxygen atoms in total. The zero-order valence-corrected chi connectivity index (χ0v) is 36.5. The number of alkyl carbamates (subject to hydrolysis) is 1. The average Bonchev–Trinajstić information content (AvgIpc) is 4.13. The lowest BCUT2D eigenvalue weighted by Crippen LogP contribution is -2.54. The number of H-pyrrole nitrogens is 2. The summed E-state index contributed by atoms with van der Waals surface area (Å²) in [6, 6.07) is 13.8. The summed E-state index contributed by atoms with van der Waals surface area (Å²) in [5.41, 5.74) is 6.85. The van der Waals surface area contributed by atoms with Crippen molar-refractivity contribution in [1.29, 1.82) is 0 Å². The maximum Gasteiger partial charge on any atom is 0.407 e. The van der Waals surface area contributed by atoms with Crippen LogP contribution in [0.25, 0.3) is 44.2 Å². The summed E-state index contributed by atoms with van der Waals surface area (Å²) < 4.78 is 22.5. The Hall–Kier alpha value is -5.47. The summed E-state index contributed by atoms with van der Waals surface area (Å²) in [6.07, 6.45) is 7.38. The van der Waals surface area contributed by atoms with Crippen LogP contribution in [0, 0.1) is 17.8 Å². The molecular formula is C48H59N7O7. The number of carbonyl (C=O) groups excluding carboxylic acids is 3. The van der Waals surface area contributed by atoms with Gasteiger partial charge in [-0.05, 0) is 96.7 Å². The second kappa shape index (κ2) is 17.7. The Morgan fingerprint density at radius 2 is 1.81 bits per heavy atom. The zero-order chi connectivity index (χ0) is 43.1. The van der Waals surface area contributed by atoms with Crippen molar-refractivity contribution in [3.05, 3.63) is 65.9 Å². The van der Waals surface area contributed by atoms with E-state index < -0.39 is 12.1 Å². The molecule has 3 N–H and O–H groups in total. The quantitative estimate of drug-likeness (QED) is 0.112. The average molecular weight is 846 g/mol. The molecule has 3 amide bonds. The van der Waals surface area contributed by atoms with Gasteiger partial charge in [-0.25, -0.2) is 14.8 Å². The third-order valence-corrected chi connectivity index (χ3v) is 13.9. The molecule has 0 spiro atoms. The second-order valence-electron chi connectivity index (χ2n) is 17.8. The number of methoxy groups -OCH3 is 2. The van der Waals surface area contributed by atoms with Gasteiger partial charge in [0, 0.05) is 56.2 Å². The number of benzene rings is 3. The van der Waals surface area contributed by atoms with E-state index in [1.54, 1.807) is 7.11 Å². The molecule has 3 fully saturated rings. The molecule has 62 heavy (non-hydrogen) atoms. The van der Waals surface area contributed by atoms with Gasteiger partial charge in [0.15, 0.2) is 0 Å². The minimum Gasteiger partial charge on any atom is -0.488 e. The molecule has 0 bridgehead atoms. The lowest BCUT2D eigenvalue weighted by atomic mass is 9.90. The molecule has 0 radical (unpaired) electrons. The van der Waals surface area contributed by atoms with Crippen LogP contribution in [-0.4, -0.2) is 100 Å². The fourth-order valence-electron chi connectivity index (χ4n) is 10.3. The molecule has 328 valence electrons. The van der Waals surface area contributed by atoms with Crippen LogP contribution in [0.3, 0.4) is 0 Å². The van der Waals surface area contributed by atoms with Gasteiger partial charge in [-0.3, -0.25) is 9.59 Å². The topological polar surface area (TPSA) is 164 Å². The largest absolute Gasteiger partial charge is 0.488 e. The summed E-state index contributed by atoms with van der Waals surface area (Å²) in [4.78, 5) is 61.6. The van der Waals surface area contributed by atoms with Gasteiger partial charge in [-0.15, -0.1) is 0 Å². The monoisotopic (exact) mass is 845 g/mol. The fraction of sp³-hybridized carbons (Fsp3) is 0.521. The SMILES string of the molecule is CCC(C)CC(=O)N1CC(COC)CC1c1ncc(-c2ccc3c(c2)COc2cc4c(ccc5[nH]c(C6CCC(CC)N6C(=O)C(NC(=O)OC)C6CCOCC6)nc54)cc2-3)[nH]1. The van der Waals surface area contributed by atoms with Gasteiger partial charge < -0.3 is 44.0 Å². The summed E-state index contributed by atoms with van der Waals surface area (Å²) >= 11 is 0. The van der Waals surface area contributed by atoms with E-state index in [1.165, 1.54) is 7.11 Å². The van der Waals surface area contributed by atoms with Crippen LogP contribution in [0.5, 0.6) is 5.75 Å². The van der Waals surface area contributed by atoms with Gasteiger partial charge in [0.2, 0.25) is 11.8 Å². The maximum atomic E-state index is 14.5. The summed E-state index contributed by atoms with van der Waals surface area (Å²) in [7, 11) is 3.04. The van der Waals surface area contributed by atoms with Crippen molar-refractivity contribution >= 4 is 39.7 Å². The highest BCUT2D eigenvalue weighted by molar-refractivity contribution is 6.07. The number of aromatic amines is 2. The maximum absolute atomic E-state index is 14.5. The van der Waals surface area contributed by atoms with E-state index in [0.29, 0.717) is 58.2 Å². The van der Waals surface area contributed by atoms with Crippen LogP contribution in [0.15, 0.2) is 48.7 Å². The van der Waals surface area contributed by atoms with Gasteiger partial charge in [0.1, 0.15) is 30.0 Å². The van der Waals surface area contributed by atoms with E-state index in [9.17, 15) is 14.4 Å². The highest BCUT2D eigenvalue weighted by Gasteiger charge is 2.44. The van der Waals surface area contributed by atoms with Gasteiger partial charge in [-0.2, -0.15) is 0 Å². The molecule has 6 unspecified atom stereocenters. The third-order valence-electron chi connectivity index (χ3n) is 13.9. The molecule has 6 heterocycles. The Labute approximate surface area is 362 Å². The zero-order valence-electron chi connectivity index (χ0n) is 36.5. The van der Waals surface area contributed by atoms with Crippen molar-refractivity contribution in [2.45, 2.75) is 103 Å². The molecule has 9 rings (SSSR count). The number of hydrogen-bond donors (Lipinski definition) is 3. The lowest BCUT2D eigenvalue weighted by Gasteiger charge is -2.36. The number of nitrogens with zero attached hydrogens (tertiary/aromatic N) is 4. The molecular weight excluding hydrogens is 787 g/mol. The van der Waals surface area contributed by atoms with E-state index in [-0.39, 0.29) is 41.8 Å². The van der Waals surface area contributed by atoms with Crippen molar-refractivity contribution in [2.75, 3.05) is 40.6 Å². The van der Waals surface area contributed by atoms with E-state index in [1.807, 2.05) is 16.0 Å². The van der Waals surface area contributed by atoms with E-state index >= 15 is 0 Å². The highest BCUT2D eigenvalue weighted by atomic mass is 16.5. The molecule has 4 aliphatic rings. The molecule has 4 aliphatic heterocycles. The number of carbonyl (C=O) groups is 3. The minimum atomic E-state index is -0.709. The van der Waals surface area contributed by atoms with Crippen LogP contribution in [0.1, 0.15) is 101 Å². The number of hydrogen-bond acceptors (Lipinski definition) is 9. The number of rotatable bonds is 12. The first-order valence-electron chi connectivity index (χ1n) is 22.5.